The fourth-order valence-corrected chi connectivity index (χ4v) is 2.52. The average molecular weight is 275 g/mol. The SMILES string of the molecule is NC(=O)CSCCC(=O)N1CCN(CCO)CC1. The monoisotopic (exact) mass is 275 g/mol. The summed E-state index contributed by atoms with van der Waals surface area (Å²) < 4.78 is 0. The van der Waals surface area contributed by atoms with Crippen molar-refractivity contribution in [1.82, 2.24) is 9.80 Å². The Hall–Kier alpha value is -0.790. The number of aliphatic hydroxyl groups is 1. The molecule has 0 aromatic heterocycles. The van der Waals surface area contributed by atoms with Crippen LogP contribution in [0, 0.1) is 0 Å². The molecule has 2 amide bonds. The van der Waals surface area contributed by atoms with Gasteiger partial charge in [-0.3, -0.25) is 14.5 Å². The lowest BCUT2D eigenvalue weighted by molar-refractivity contribution is -0.132. The molecule has 0 unspecified atom stereocenters. The van der Waals surface area contributed by atoms with Gasteiger partial charge < -0.3 is 15.7 Å². The van der Waals surface area contributed by atoms with Gasteiger partial charge in [-0.05, 0) is 0 Å². The molecule has 1 saturated heterocycles. The molecule has 7 heteroatoms. The molecule has 1 aliphatic heterocycles. The molecule has 1 fully saturated rings. The lowest BCUT2D eigenvalue weighted by Gasteiger charge is -2.34. The zero-order valence-electron chi connectivity index (χ0n) is 10.5. The first-order valence-corrected chi connectivity index (χ1v) is 7.26. The van der Waals surface area contributed by atoms with Gasteiger partial charge in [0.15, 0.2) is 0 Å². The predicted octanol–water partition coefficient (Wildman–Crippen LogP) is -1.27. The first kappa shape index (κ1) is 15.3. The Morgan fingerprint density at radius 1 is 1.22 bits per heavy atom. The Kier molecular flexibility index (Phi) is 7.07. The van der Waals surface area contributed by atoms with Gasteiger partial charge in [0.1, 0.15) is 0 Å². The third-order valence-electron chi connectivity index (χ3n) is 2.85. The number of amides is 2. The van der Waals surface area contributed by atoms with Crippen molar-refractivity contribution in [2.24, 2.45) is 5.73 Å². The maximum Gasteiger partial charge on any atom is 0.227 e. The van der Waals surface area contributed by atoms with Crippen molar-refractivity contribution >= 4 is 23.6 Å². The van der Waals surface area contributed by atoms with E-state index in [0.717, 1.165) is 26.2 Å². The fraction of sp³-hybridized carbons (Fsp3) is 0.818. The summed E-state index contributed by atoms with van der Waals surface area (Å²) in [6, 6.07) is 0. The van der Waals surface area contributed by atoms with E-state index >= 15 is 0 Å². The molecule has 0 atom stereocenters. The largest absolute Gasteiger partial charge is 0.395 e. The average Bonchev–Trinajstić information content (AvgIpc) is 2.35. The molecule has 1 aliphatic rings. The number of hydrogen-bond acceptors (Lipinski definition) is 5. The van der Waals surface area contributed by atoms with Gasteiger partial charge in [-0.2, -0.15) is 11.8 Å². The van der Waals surface area contributed by atoms with Gasteiger partial charge in [-0.25, -0.2) is 0 Å². The summed E-state index contributed by atoms with van der Waals surface area (Å²) in [7, 11) is 0. The highest BCUT2D eigenvalue weighted by molar-refractivity contribution is 7.99. The van der Waals surface area contributed by atoms with E-state index in [0.29, 0.717) is 18.7 Å². The number of carbonyl (C=O) groups excluding carboxylic acids is 2. The summed E-state index contributed by atoms with van der Waals surface area (Å²) in [5.74, 6) is 0.705. The smallest absolute Gasteiger partial charge is 0.227 e. The molecular weight excluding hydrogens is 254 g/mol. The van der Waals surface area contributed by atoms with Crippen LogP contribution < -0.4 is 5.73 Å². The maximum absolute atomic E-state index is 11.8. The second-order valence-corrected chi connectivity index (χ2v) is 5.32. The van der Waals surface area contributed by atoms with E-state index in [2.05, 4.69) is 4.90 Å². The first-order valence-electron chi connectivity index (χ1n) is 6.10. The zero-order valence-corrected chi connectivity index (χ0v) is 11.3. The number of aliphatic hydroxyl groups excluding tert-OH is 1. The van der Waals surface area contributed by atoms with Crippen LogP contribution in [-0.2, 0) is 9.59 Å². The second-order valence-electron chi connectivity index (χ2n) is 4.21. The van der Waals surface area contributed by atoms with Crippen LogP contribution in [0.2, 0.25) is 0 Å². The van der Waals surface area contributed by atoms with Gasteiger partial charge in [-0.15, -0.1) is 0 Å². The number of primary amides is 1. The Labute approximate surface area is 111 Å². The highest BCUT2D eigenvalue weighted by atomic mass is 32.2. The minimum atomic E-state index is -0.343. The van der Waals surface area contributed by atoms with Gasteiger partial charge in [-0.1, -0.05) is 0 Å². The molecule has 3 N–H and O–H groups in total. The summed E-state index contributed by atoms with van der Waals surface area (Å²) in [5.41, 5.74) is 5.01. The first-order chi connectivity index (χ1) is 8.63. The Morgan fingerprint density at radius 2 is 1.89 bits per heavy atom. The molecule has 18 heavy (non-hydrogen) atoms. The Balaban J connectivity index is 2.14. The summed E-state index contributed by atoms with van der Waals surface area (Å²) in [6.45, 7) is 3.92. The van der Waals surface area contributed by atoms with Crippen LogP contribution in [0.25, 0.3) is 0 Å². The molecule has 0 saturated carbocycles. The van der Waals surface area contributed by atoms with Gasteiger partial charge in [0.25, 0.3) is 0 Å². The van der Waals surface area contributed by atoms with Crippen LogP contribution in [0.3, 0.4) is 0 Å². The van der Waals surface area contributed by atoms with E-state index < -0.39 is 0 Å². The highest BCUT2D eigenvalue weighted by Gasteiger charge is 2.20. The summed E-state index contributed by atoms with van der Waals surface area (Å²) in [5, 5.41) is 8.82. The molecule has 1 rings (SSSR count). The van der Waals surface area contributed by atoms with E-state index in [1.54, 1.807) is 0 Å². The minimum Gasteiger partial charge on any atom is -0.395 e. The zero-order chi connectivity index (χ0) is 13.4. The number of nitrogens with zero attached hydrogens (tertiary/aromatic N) is 2. The van der Waals surface area contributed by atoms with Crippen molar-refractivity contribution in [3.63, 3.8) is 0 Å². The fourth-order valence-electron chi connectivity index (χ4n) is 1.85. The van der Waals surface area contributed by atoms with Crippen LogP contribution in [0.1, 0.15) is 6.42 Å². The van der Waals surface area contributed by atoms with Crippen molar-refractivity contribution in [1.29, 1.82) is 0 Å². The van der Waals surface area contributed by atoms with E-state index in [1.165, 1.54) is 11.8 Å². The predicted molar refractivity (Wildman–Crippen MR) is 71.2 cm³/mol. The van der Waals surface area contributed by atoms with Gasteiger partial charge in [0.2, 0.25) is 11.8 Å². The molecule has 0 aliphatic carbocycles. The van der Waals surface area contributed by atoms with Crippen LogP contribution >= 0.6 is 11.8 Å². The van der Waals surface area contributed by atoms with Crippen molar-refractivity contribution < 1.29 is 14.7 Å². The molecule has 0 aromatic rings. The van der Waals surface area contributed by atoms with Crippen LogP contribution in [-0.4, -0.2) is 77.6 Å². The van der Waals surface area contributed by atoms with Gasteiger partial charge in [0.05, 0.1) is 12.4 Å². The second kappa shape index (κ2) is 8.34. The third-order valence-corrected chi connectivity index (χ3v) is 3.83. The number of nitrogens with two attached hydrogens (primary N) is 1. The van der Waals surface area contributed by atoms with Crippen LogP contribution in [0.15, 0.2) is 0 Å². The normalized spacial score (nSPS) is 16.8. The molecular formula is C11H21N3O3S. The van der Waals surface area contributed by atoms with E-state index in [-0.39, 0.29) is 24.2 Å². The van der Waals surface area contributed by atoms with Gasteiger partial charge >= 0.3 is 0 Å². The number of thioether (sulfide) groups is 1. The van der Waals surface area contributed by atoms with Crippen molar-refractivity contribution in [3.8, 4) is 0 Å². The highest BCUT2D eigenvalue weighted by Crippen LogP contribution is 2.07. The molecule has 1 heterocycles. The number of β-amino-alcohol motifs (C(OH)–C–C–N with tert-alkyl or cyclic N) is 1. The van der Waals surface area contributed by atoms with E-state index in [1.807, 2.05) is 4.90 Å². The minimum absolute atomic E-state index is 0.135. The van der Waals surface area contributed by atoms with Crippen LogP contribution in [0.4, 0.5) is 0 Å². The molecule has 0 bridgehead atoms. The lowest BCUT2D eigenvalue weighted by Crippen LogP contribution is -2.49. The molecule has 0 aromatic carbocycles. The molecule has 0 radical (unpaired) electrons. The number of rotatable bonds is 7. The molecule has 0 spiro atoms. The summed E-state index contributed by atoms with van der Waals surface area (Å²) in [6.07, 6.45) is 0.456. The Bertz CT molecular complexity index is 281. The van der Waals surface area contributed by atoms with Crippen LogP contribution in [0.5, 0.6) is 0 Å². The number of carbonyl (C=O) groups is 2. The van der Waals surface area contributed by atoms with Crippen molar-refractivity contribution in [3.05, 3.63) is 0 Å². The van der Waals surface area contributed by atoms with E-state index in [4.69, 9.17) is 10.8 Å². The summed E-state index contributed by atoms with van der Waals surface area (Å²) in [4.78, 5) is 26.3. The summed E-state index contributed by atoms with van der Waals surface area (Å²) >= 11 is 1.40. The number of piperazine rings is 1. The Morgan fingerprint density at radius 3 is 2.44 bits per heavy atom. The lowest BCUT2D eigenvalue weighted by atomic mass is 10.3. The van der Waals surface area contributed by atoms with E-state index in [9.17, 15) is 9.59 Å². The number of hydrogen-bond donors (Lipinski definition) is 2. The van der Waals surface area contributed by atoms with Gasteiger partial charge in [0, 0.05) is 44.9 Å². The topological polar surface area (TPSA) is 86.9 Å². The van der Waals surface area contributed by atoms with Crippen molar-refractivity contribution in [2.75, 3.05) is 50.8 Å². The van der Waals surface area contributed by atoms with Crippen molar-refractivity contribution in [2.45, 2.75) is 6.42 Å². The third kappa shape index (κ3) is 5.70. The molecule has 104 valence electrons. The quantitative estimate of drug-likeness (QED) is 0.566. The maximum atomic E-state index is 11.8. The molecule has 6 nitrogen and oxygen atoms in total. The standard InChI is InChI=1S/C11H21N3O3S/c12-10(16)9-18-8-1-11(17)14-4-2-13(3-5-14)6-7-15/h15H,1-9H2,(H2,12,16).